The van der Waals surface area contributed by atoms with Crippen LogP contribution in [0, 0.1) is 13.8 Å². The highest BCUT2D eigenvalue weighted by molar-refractivity contribution is 5.79. The quantitative estimate of drug-likeness (QED) is 0.799. The summed E-state index contributed by atoms with van der Waals surface area (Å²) in [7, 11) is 4.06. The van der Waals surface area contributed by atoms with Crippen molar-refractivity contribution in [1.82, 2.24) is 19.6 Å². The first-order valence-corrected chi connectivity index (χ1v) is 8.06. The lowest BCUT2D eigenvalue weighted by Crippen LogP contribution is -2.59. The van der Waals surface area contributed by atoms with Crippen LogP contribution in [-0.4, -0.2) is 70.9 Å². The summed E-state index contributed by atoms with van der Waals surface area (Å²) in [5, 5.41) is 4.40. The van der Waals surface area contributed by atoms with Gasteiger partial charge in [0, 0.05) is 37.9 Å². The molecule has 1 amide bonds. The molecule has 6 nitrogen and oxygen atoms in total. The van der Waals surface area contributed by atoms with Crippen LogP contribution in [0.25, 0.3) is 0 Å². The summed E-state index contributed by atoms with van der Waals surface area (Å²) in [5.41, 5.74) is 3.11. The van der Waals surface area contributed by atoms with Crippen molar-refractivity contribution in [3.8, 4) is 0 Å². The number of nitrogens with zero attached hydrogens (tertiary/aromatic N) is 4. The molecule has 0 radical (unpaired) electrons. The second kappa shape index (κ2) is 6.01. The standard InChI is InChI=1S/C16H26N4O2/c1-11-13(12(2)19(4)17-11)9-16(21)20-6-5-15-14(10-20)18(3)7-8-22-15/h14-15H,5-10H2,1-4H3/t14-,15+/m0/s1. The van der Waals surface area contributed by atoms with Crippen molar-refractivity contribution in [3.63, 3.8) is 0 Å². The molecule has 0 aliphatic carbocycles. The van der Waals surface area contributed by atoms with Crippen molar-refractivity contribution in [2.75, 3.05) is 33.3 Å². The number of piperidine rings is 1. The molecule has 6 heteroatoms. The Balaban J connectivity index is 1.68. The molecule has 0 spiro atoms. The Morgan fingerprint density at radius 3 is 2.77 bits per heavy atom. The topological polar surface area (TPSA) is 50.6 Å². The molecular formula is C16H26N4O2. The van der Waals surface area contributed by atoms with Crippen LogP contribution in [0.4, 0.5) is 0 Å². The molecule has 0 aromatic carbocycles. The number of carbonyl (C=O) groups is 1. The Morgan fingerprint density at radius 1 is 1.32 bits per heavy atom. The number of aromatic nitrogens is 2. The monoisotopic (exact) mass is 306 g/mol. The van der Waals surface area contributed by atoms with Gasteiger partial charge in [-0.1, -0.05) is 0 Å². The van der Waals surface area contributed by atoms with Crippen LogP contribution >= 0.6 is 0 Å². The van der Waals surface area contributed by atoms with Crippen molar-refractivity contribution in [2.24, 2.45) is 7.05 Å². The van der Waals surface area contributed by atoms with Crippen molar-refractivity contribution >= 4 is 5.91 Å². The van der Waals surface area contributed by atoms with Gasteiger partial charge < -0.3 is 9.64 Å². The highest BCUT2D eigenvalue weighted by atomic mass is 16.5. The molecule has 1 aromatic heterocycles. The van der Waals surface area contributed by atoms with E-state index in [1.807, 2.05) is 30.5 Å². The van der Waals surface area contributed by atoms with Crippen LogP contribution in [0.15, 0.2) is 0 Å². The molecule has 2 saturated heterocycles. The van der Waals surface area contributed by atoms with E-state index in [4.69, 9.17) is 4.74 Å². The SMILES string of the molecule is Cc1nn(C)c(C)c1CC(=O)N1CC[C@H]2OCCN(C)[C@H]2C1. The van der Waals surface area contributed by atoms with E-state index < -0.39 is 0 Å². The molecule has 3 rings (SSSR count). The van der Waals surface area contributed by atoms with Crippen LogP contribution in [-0.2, 0) is 23.0 Å². The van der Waals surface area contributed by atoms with Gasteiger partial charge in [0.2, 0.25) is 5.91 Å². The number of hydrogen-bond donors (Lipinski definition) is 0. The third-order valence-electron chi connectivity index (χ3n) is 5.20. The minimum absolute atomic E-state index is 0.205. The van der Waals surface area contributed by atoms with Gasteiger partial charge in [0.25, 0.3) is 0 Å². The summed E-state index contributed by atoms with van der Waals surface area (Å²) >= 11 is 0. The second-order valence-corrected chi connectivity index (χ2v) is 6.54. The number of amides is 1. The van der Waals surface area contributed by atoms with E-state index in [1.54, 1.807) is 0 Å². The lowest BCUT2D eigenvalue weighted by Gasteiger charge is -2.45. The normalized spacial score (nSPS) is 26.1. The summed E-state index contributed by atoms with van der Waals surface area (Å²) in [6, 6.07) is 0.336. The largest absolute Gasteiger partial charge is 0.375 e. The molecule has 22 heavy (non-hydrogen) atoms. The van der Waals surface area contributed by atoms with Gasteiger partial charge in [-0.15, -0.1) is 0 Å². The van der Waals surface area contributed by atoms with Crippen LogP contribution < -0.4 is 0 Å². The van der Waals surface area contributed by atoms with E-state index in [0.717, 1.165) is 49.6 Å². The number of ether oxygens (including phenoxy) is 1. The fraction of sp³-hybridized carbons (Fsp3) is 0.750. The molecule has 0 N–H and O–H groups in total. The van der Waals surface area contributed by atoms with Crippen molar-refractivity contribution < 1.29 is 9.53 Å². The van der Waals surface area contributed by atoms with Crippen molar-refractivity contribution in [1.29, 1.82) is 0 Å². The van der Waals surface area contributed by atoms with Crippen molar-refractivity contribution in [2.45, 2.75) is 38.8 Å². The average molecular weight is 306 g/mol. The summed E-state index contributed by atoms with van der Waals surface area (Å²) in [5.74, 6) is 0.205. The molecule has 3 heterocycles. The Labute approximate surface area is 132 Å². The molecule has 2 atom stereocenters. The van der Waals surface area contributed by atoms with Gasteiger partial charge in [-0.2, -0.15) is 5.10 Å². The van der Waals surface area contributed by atoms with Gasteiger partial charge in [0.1, 0.15) is 0 Å². The first kappa shape index (κ1) is 15.5. The first-order chi connectivity index (χ1) is 10.5. The predicted molar refractivity (Wildman–Crippen MR) is 83.7 cm³/mol. The van der Waals surface area contributed by atoms with E-state index in [1.165, 1.54) is 0 Å². The Kier molecular flexibility index (Phi) is 4.23. The fourth-order valence-corrected chi connectivity index (χ4v) is 3.60. The molecule has 2 aliphatic rings. The highest BCUT2D eigenvalue weighted by Gasteiger charge is 2.36. The summed E-state index contributed by atoms with van der Waals surface area (Å²) in [4.78, 5) is 17.0. The number of rotatable bonds is 2. The number of carbonyl (C=O) groups excluding carboxylic acids is 1. The van der Waals surface area contributed by atoms with E-state index in [9.17, 15) is 4.79 Å². The zero-order valence-corrected chi connectivity index (χ0v) is 14.0. The average Bonchev–Trinajstić information content (AvgIpc) is 2.74. The molecule has 0 saturated carbocycles. The number of likely N-dealkylation sites (N-methyl/N-ethyl adjacent to an activating group) is 1. The molecule has 0 bridgehead atoms. The van der Waals surface area contributed by atoms with Crippen molar-refractivity contribution in [3.05, 3.63) is 17.0 Å². The molecular weight excluding hydrogens is 280 g/mol. The van der Waals surface area contributed by atoms with Gasteiger partial charge in [-0.3, -0.25) is 14.4 Å². The summed E-state index contributed by atoms with van der Waals surface area (Å²) in [6.07, 6.45) is 1.67. The van der Waals surface area contributed by atoms with Gasteiger partial charge in [-0.05, 0) is 27.3 Å². The number of morpholine rings is 1. The van der Waals surface area contributed by atoms with E-state index in [-0.39, 0.29) is 12.0 Å². The van der Waals surface area contributed by atoms with Gasteiger partial charge in [-0.25, -0.2) is 0 Å². The number of hydrogen-bond acceptors (Lipinski definition) is 4. The van der Waals surface area contributed by atoms with Gasteiger partial charge >= 0.3 is 0 Å². The lowest BCUT2D eigenvalue weighted by molar-refractivity contribution is -0.140. The third-order valence-corrected chi connectivity index (χ3v) is 5.20. The maximum atomic E-state index is 12.7. The van der Waals surface area contributed by atoms with Crippen LogP contribution in [0.3, 0.4) is 0 Å². The second-order valence-electron chi connectivity index (χ2n) is 6.54. The molecule has 2 fully saturated rings. The van der Waals surface area contributed by atoms with Crippen LogP contribution in [0.5, 0.6) is 0 Å². The predicted octanol–water partition coefficient (Wildman–Crippen LogP) is 0.511. The minimum Gasteiger partial charge on any atom is -0.375 e. The smallest absolute Gasteiger partial charge is 0.227 e. The summed E-state index contributed by atoms with van der Waals surface area (Å²) < 4.78 is 7.70. The minimum atomic E-state index is 0.205. The molecule has 1 aromatic rings. The zero-order valence-electron chi connectivity index (χ0n) is 14.0. The van der Waals surface area contributed by atoms with Crippen LogP contribution in [0.1, 0.15) is 23.4 Å². The van der Waals surface area contributed by atoms with Gasteiger partial charge in [0.15, 0.2) is 0 Å². The number of likely N-dealkylation sites (tertiary alicyclic amines) is 1. The molecule has 0 unspecified atom stereocenters. The Morgan fingerprint density at radius 2 is 2.09 bits per heavy atom. The maximum Gasteiger partial charge on any atom is 0.227 e. The summed E-state index contributed by atoms with van der Waals surface area (Å²) in [6.45, 7) is 7.33. The maximum absolute atomic E-state index is 12.7. The lowest BCUT2D eigenvalue weighted by atomic mass is 9.98. The number of fused-ring (bicyclic) bond motifs is 1. The zero-order chi connectivity index (χ0) is 15.9. The van der Waals surface area contributed by atoms with Gasteiger partial charge in [0.05, 0.1) is 30.9 Å². The third kappa shape index (κ3) is 2.77. The van der Waals surface area contributed by atoms with E-state index in [0.29, 0.717) is 12.5 Å². The van der Waals surface area contributed by atoms with E-state index >= 15 is 0 Å². The Bertz CT molecular complexity index is 569. The highest BCUT2D eigenvalue weighted by Crippen LogP contribution is 2.23. The van der Waals surface area contributed by atoms with Crippen LogP contribution in [0.2, 0.25) is 0 Å². The molecule has 2 aliphatic heterocycles. The van der Waals surface area contributed by atoms with E-state index in [2.05, 4.69) is 17.0 Å². The number of aryl methyl sites for hydroxylation is 2. The first-order valence-electron chi connectivity index (χ1n) is 8.06. The Hall–Kier alpha value is -1.40. The molecule has 122 valence electrons. The fourth-order valence-electron chi connectivity index (χ4n) is 3.60.